The van der Waals surface area contributed by atoms with Crippen LogP contribution in [0.3, 0.4) is 0 Å². The van der Waals surface area contributed by atoms with Crippen LogP contribution < -0.4 is 19.7 Å². The van der Waals surface area contributed by atoms with Crippen molar-refractivity contribution in [2.75, 3.05) is 30.5 Å². The smallest absolute Gasteiger partial charge is 0.283 e. The maximum absolute atomic E-state index is 13.4. The first kappa shape index (κ1) is 31.7. The number of hydrogen-bond donors (Lipinski definition) is 2. The maximum Gasteiger partial charge on any atom is 0.283 e. The largest absolute Gasteiger partial charge is 0.493 e. The number of benzene rings is 3. The van der Waals surface area contributed by atoms with Crippen LogP contribution in [-0.4, -0.2) is 60.2 Å². The standard InChI is InChI=1S/C33H36N4O7S/c1-23-7-3-10-30(24(23)2)43-17-5-11-31(38)37-16-6-18-44-32-28(8-4-9-29(32)37)27-19-35-36(21-27)20-25-12-14-26(15-13-25)33(39)34-22-45(40,41)42/h3-4,7-10,12-15,19,21H,5-6,11,16-18,20,22H2,1-2H3,(H,34,39)(H,40,41,42). The first-order valence-electron chi connectivity index (χ1n) is 14.7. The van der Waals surface area contributed by atoms with Crippen molar-refractivity contribution in [3.05, 3.63) is 95.3 Å². The second kappa shape index (κ2) is 14.0. The number of para-hydroxylation sites is 1. The number of fused-ring (bicyclic) bond motifs is 1. The number of hydrogen-bond acceptors (Lipinski definition) is 7. The topological polar surface area (TPSA) is 140 Å². The van der Waals surface area contributed by atoms with Crippen molar-refractivity contribution in [2.24, 2.45) is 0 Å². The minimum atomic E-state index is -4.30. The zero-order valence-electron chi connectivity index (χ0n) is 25.2. The van der Waals surface area contributed by atoms with E-state index < -0.39 is 21.9 Å². The highest BCUT2D eigenvalue weighted by molar-refractivity contribution is 7.85. The molecule has 1 aliphatic rings. The fourth-order valence-electron chi connectivity index (χ4n) is 5.11. The van der Waals surface area contributed by atoms with E-state index in [-0.39, 0.29) is 11.5 Å². The van der Waals surface area contributed by atoms with Gasteiger partial charge in [-0.05, 0) is 67.6 Å². The summed E-state index contributed by atoms with van der Waals surface area (Å²) < 4.78 is 44.5. The summed E-state index contributed by atoms with van der Waals surface area (Å²) in [5.74, 6) is 0.0537. The minimum absolute atomic E-state index is 0.0225. The van der Waals surface area contributed by atoms with Gasteiger partial charge in [-0.2, -0.15) is 13.5 Å². The van der Waals surface area contributed by atoms with Crippen molar-refractivity contribution in [3.63, 3.8) is 0 Å². The van der Waals surface area contributed by atoms with Crippen LogP contribution in [0.15, 0.2) is 73.1 Å². The van der Waals surface area contributed by atoms with Crippen LogP contribution >= 0.6 is 0 Å². The lowest BCUT2D eigenvalue weighted by atomic mass is 10.1. The monoisotopic (exact) mass is 632 g/mol. The van der Waals surface area contributed by atoms with E-state index >= 15 is 0 Å². The summed E-state index contributed by atoms with van der Waals surface area (Å²) in [6, 6.07) is 18.4. The molecule has 12 heteroatoms. The van der Waals surface area contributed by atoms with Gasteiger partial charge >= 0.3 is 0 Å². The number of carbonyl (C=O) groups is 2. The predicted molar refractivity (Wildman–Crippen MR) is 170 cm³/mol. The number of anilines is 1. The number of nitrogens with one attached hydrogen (secondary N) is 1. The number of ether oxygens (including phenoxy) is 2. The molecule has 1 aromatic heterocycles. The molecule has 45 heavy (non-hydrogen) atoms. The Labute approximate surface area is 262 Å². The van der Waals surface area contributed by atoms with Crippen molar-refractivity contribution in [3.8, 4) is 22.6 Å². The number of nitrogens with zero attached hydrogens (tertiary/aromatic N) is 3. The zero-order valence-corrected chi connectivity index (χ0v) is 26.0. The molecule has 3 aromatic carbocycles. The Morgan fingerprint density at radius 1 is 1.07 bits per heavy atom. The molecule has 2 N–H and O–H groups in total. The van der Waals surface area contributed by atoms with Crippen molar-refractivity contribution in [1.82, 2.24) is 15.1 Å². The fourth-order valence-corrected chi connectivity index (χ4v) is 5.42. The Morgan fingerprint density at radius 2 is 1.84 bits per heavy atom. The van der Waals surface area contributed by atoms with E-state index in [4.69, 9.17) is 14.0 Å². The number of amides is 2. The van der Waals surface area contributed by atoms with E-state index in [1.54, 1.807) is 35.1 Å². The summed E-state index contributed by atoms with van der Waals surface area (Å²) in [6.45, 7) is 6.02. The van der Waals surface area contributed by atoms with Gasteiger partial charge < -0.3 is 19.7 Å². The van der Waals surface area contributed by atoms with E-state index in [0.29, 0.717) is 51.3 Å². The Morgan fingerprint density at radius 3 is 2.62 bits per heavy atom. The summed E-state index contributed by atoms with van der Waals surface area (Å²) >= 11 is 0. The predicted octanol–water partition coefficient (Wildman–Crippen LogP) is 4.77. The molecular formula is C33H36N4O7S. The van der Waals surface area contributed by atoms with Gasteiger partial charge in [0.25, 0.3) is 16.0 Å². The lowest BCUT2D eigenvalue weighted by Crippen LogP contribution is -2.31. The third kappa shape index (κ3) is 8.08. The van der Waals surface area contributed by atoms with Gasteiger partial charge in [-0.1, -0.05) is 36.4 Å². The Hall–Kier alpha value is -4.68. The molecule has 2 heterocycles. The van der Waals surface area contributed by atoms with E-state index in [0.717, 1.165) is 33.7 Å². The van der Waals surface area contributed by atoms with Crippen LogP contribution in [-0.2, 0) is 21.5 Å². The molecule has 1 aliphatic heterocycles. The van der Waals surface area contributed by atoms with Crippen molar-refractivity contribution in [1.29, 1.82) is 0 Å². The van der Waals surface area contributed by atoms with Gasteiger partial charge in [0.1, 0.15) is 11.6 Å². The molecule has 0 unspecified atom stereocenters. The second-order valence-corrected chi connectivity index (χ2v) is 12.4. The van der Waals surface area contributed by atoms with E-state index in [2.05, 4.69) is 10.4 Å². The molecule has 0 aliphatic carbocycles. The molecule has 11 nitrogen and oxygen atoms in total. The number of aryl methyl sites for hydroxylation is 1. The number of carbonyl (C=O) groups excluding carboxylic acids is 2. The molecule has 5 rings (SSSR count). The van der Waals surface area contributed by atoms with Crippen LogP contribution in [0.5, 0.6) is 11.5 Å². The SMILES string of the molecule is Cc1cccc(OCCCC(=O)N2CCCOc3c(-c4cnn(Cc5ccc(C(=O)NCS(=O)(=O)O)cc5)c4)cccc32)c1C. The molecule has 0 saturated heterocycles. The van der Waals surface area contributed by atoms with Gasteiger partial charge in [0, 0.05) is 35.9 Å². The summed E-state index contributed by atoms with van der Waals surface area (Å²) in [5, 5.41) is 6.66. The molecule has 0 spiro atoms. The lowest BCUT2D eigenvalue weighted by Gasteiger charge is -2.23. The average Bonchev–Trinajstić information content (AvgIpc) is 3.36. The highest BCUT2D eigenvalue weighted by Gasteiger charge is 2.25. The molecule has 4 aromatic rings. The zero-order chi connectivity index (χ0) is 32.0. The van der Waals surface area contributed by atoms with Crippen LogP contribution in [0.2, 0.25) is 0 Å². The third-order valence-corrected chi connectivity index (χ3v) is 8.14. The first-order valence-corrected chi connectivity index (χ1v) is 16.3. The summed E-state index contributed by atoms with van der Waals surface area (Å²) in [7, 11) is -4.30. The number of rotatable bonds is 11. The normalized spacial score (nSPS) is 13.0. The van der Waals surface area contributed by atoms with Crippen LogP contribution in [0.4, 0.5) is 5.69 Å². The molecule has 2 amide bonds. The Balaban J connectivity index is 1.24. The molecule has 0 fully saturated rings. The van der Waals surface area contributed by atoms with Gasteiger partial charge in [0.15, 0.2) is 5.75 Å². The molecule has 0 atom stereocenters. The van der Waals surface area contributed by atoms with Gasteiger partial charge in [-0.25, -0.2) is 0 Å². The third-order valence-electron chi connectivity index (χ3n) is 7.63. The van der Waals surface area contributed by atoms with Crippen LogP contribution in [0, 0.1) is 13.8 Å². The Bertz CT molecular complexity index is 1780. The summed E-state index contributed by atoms with van der Waals surface area (Å²) in [6.07, 6.45) is 5.31. The van der Waals surface area contributed by atoms with Crippen LogP contribution in [0.1, 0.15) is 46.3 Å². The Kier molecular flexibility index (Phi) is 9.84. The molecule has 0 radical (unpaired) electrons. The van der Waals surface area contributed by atoms with Crippen molar-refractivity contribution < 1.29 is 32.0 Å². The number of aromatic nitrogens is 2. The van der Waals surface area contributed by atoms with E-state index in [1.807, 2.05) is 61.3 Å². The van der Waals surface area contributed by atoms with Gasteiger partial charge in [0.05, 0.1) is 31.6 Å². The van der Waals surface area contributed by atoms with Gasteiger partial charge in [0.2, 0.25) is 5.91 Å². The van der Waals surface area contributed by atoms with Crippen LogP contribution in [0.25, 0.3) is 11.1 Å². The maximum atomic E-state index is 13.4. The van der Waals surface area contributed by atoms with Gasteiger partial charge in [-0.3, -0.25) is 18.8 Å². The minimum Gasteiger partial charge on any atom is -0.493 e. The van der Waals surface area contributed by atoms with E-state index in [1.165, 1.54) is 5.56 Å². The molecule has 0 bridgehead atoms. The summed E-state index contributed by atoms with van der Waals surface area (Å²) in [4.78, 5) is 27.3. The van der Waals surface area contributed by atoms with E-state index in [9.17, 15) is 18.0 Å². The summed E-state index contributed by atoms with van der Waals surface area (Å²) in [5.41, 5.74) is 5.83. The molecular weight excluding hydrogens is 596 g/mol. The second-order valence-electron chi connectivity index (χ2n) is 10.9. The highest BCUT2D eigenvalue weighted by atomic mass is 32.2. The molecule has 0 saturated carbocycles. The first-order chi connectivity index (χ1) is 21.6. The fraction of sp³-hybridized carbons (Fsp3) is 0.303. The van der Waals surface area contributed by atoms with Gasteiger partial charge in [-0.15, -0.1) is 0 Å². The van der Waals surface area contributed by atoms with Crippen molar-refractivity contribution in [2.45, 2.75) is 39.7 Å². The van der Waals surface area contributed by atoms with Crippen molar-refractivity contribution >= 4 is 27.6 Å². The lowest BCUT2D eigenvalue weighted by molar-refractivity contribution is -0.118. The average molecular weight is 633 g/mol. The molecule has 236 valence electrons. The highest BCUT2D eigenvalue weighted by Crippen LogP contribution is 2.40. The quantitative estimate of drug-likeness (QED) is 0.178.